The van der Waals surface area contributed by atoms with Crippen molar-refractivity contribution in [2.45, 2.75) is 13.0 Å². The van der Waals surface area contributed by atoms with Crippen LogP contribution in [0.5, 0.6) is 5.75 Å². The van der Waals surface area contributed by atoms with E-state index >= 15 is 0 Å². The molecular weight excluding hydrogens is 280 g/mol. The molecule has 0 saturated heterocycles. The van der Waals surface area contributed by atoms with Gasteiger partial charge in [-0.05, 0) is 41.3 Å². The van der Waals surface area contributed by atoms with Crippen molar-refractivity contribution in [1.29, 1.82) is 0 Å². The number of ether oxygens (including phenoxy) is 1. The van der Waals surface area contributed by atoms with Gasteiger partial charge in [0, 0.05) is 12.2 Å². The van der Waals surface area contributed by atoms with Gasteiger partial charge in [-0.25, -0.2) is 4.79 Å². The summed E-state index contributed by atoms with van der Waals surface area (Å²) in [5.41, 5.74) is 3.92. The van der Waals surface area contributed by atoms with E-state index < -0.39 is 5.97 Å². The van der Waals surface area contributed by atoms with Crippen LogP contribution < -0.4 is 4.74 Å². The lowest BCUT2D eigenvalue weighted by Gasteiger charge is -2.11. The quantitative estimate of drug-likeness (QED) is 0.913. The third-order valence-electron chi connectivity index (χ3n) is 3.68. The summed E-state index contributed by atoms with van der Waals surface area (Å²) in [4.78, 5) is 11.2. The molecule has 0 unspecified atom stereocenters. The van der Waals surface area contributed by atoms with E-state index in [1.54, 1.807) is 18.2 Å². The molecule has 1 heterocycles. The number of aliphatic hydroxyl groups excluding tert-OH is 1. The molecule has 0 spiro atoms. The van der Waals surface area contributed by atoms with Crippen LogP contribution in [0, 0.1) is 0 Å². The highest BCUT2D eigenvalue weighted by molar-refractivity contribution is 5.92. The summed E-state index contributed by atoms with van der Waals surface area (Å²) in [5.74, 6) is -0.313. The van der Waals surface area contributed by atoms with Crippen LogP contribution >= 0.6 is 0 Å². The van der Waals surface area contributed by atoms with Crippen molar-refractivity contribution in [2.24, 2.45) is 0 Å². The number of hydrogen-bond acceptors (Lipinski definition) is 3. The molecule has 0 bridgehead atoms. The predicted octanol–water partition coefficient (Wildman–Crippen LogP) is 3.09. The zero-order valence-corrected chi connectivity index (χ0v) is 12.0. The van der Waals surface area contributed by atoms with Gasteiger partial charge in [0.15, 0.2) is 0 Å². The molecule has 0 atom stereocenters. The molecule has 0 aliphatic carbocycles. The average molecular weight is 296 g/mol. The Kier molecular flexibility index (Phi) is 3.94. The monoisotopic (exact) mass is 296 g/mol. The lowest BCUT2D eigenvalue weighted by Crippen LogP contribution is -1.99. The van der Waals surface area contributed by atoms with Crippen LogP contribution in [0.4, 0.5) is 0 Å². The molecule has 0 aromatic heterocycles. The molecule has 112 valence electrons. The Morgan fingerprint density at radius 2 is 2.00 bits per heavy atom. The molecule has 22 heavy (non-hydrogen) atoms. The minimum Gasteiger partial charge on any atom is -0.488 e. The molecule has 1 aliphatic rings. The number of rotatable bonds is 3. The summed E-state index contributed by atoms with van der Waals surface area (Å²) >= 11 is 0. The Balaban J connectivity index is 2.21. The Bertz CT molecular complexity index is 747. The highest BCUT2D eigenvalue weighted by Crippen LogP contribution is 2.37. The minimum atomic E-state index is -0.971. The molecule has 2 aromatic rings. The number of hydrogen-bond donors (Lipinski definition) is 2. The molecule has 0 saturated carbocycles. The van der Waals surface area contributed by atoms with Crippen LogP contribution in [-0.4, -0.2) is 22.8 Å². The van der Waals surface area contributed by atoms with E-state index in [0.29, 0.717) is 18.8 Å². The lowest BCUT2D eigenvalue weighted by atomic mass is 9.92. The maximum atomic E-state index is 11.2. The molecule has 2 aromatic carbocycles. The van der Waals surface area contributed by atoms with Crippen LogP contribution in [-0.2, 0) is 6.61 Å². The normalized spacial score (nSPS) is 14.7. The number of carboxylic acid groups (broad SMARTS) is 1. The van der Waals surface area contributed by atoms with Crippen molar-refractivity contribution in [2.75, 3.05) is 6.61 Å². The topological polar surface area (TPSA) is 66.8 Å². The first-order valence-corrected chi connectivity index (χ1v) is 7.10. The molecule has 0 fully saturated rings. The Hall–Kier alpha value is -2.59. The van der Waals surface area contributed by atoms with Crippen LogP contribution in [0.25, 0.3) is 5.57 Å². The van der Waals surface area contributed by atoms with E-state index in [9.17, 15) is 9.90 Å². The van der Waals surface area contributed by atoms with Gasteiger partial charge >= 0.3 is 5.97 Å². The Labute approximate surface area is 128 Å². The fourth-order valence-corrected chi connectivity index (χ4v) is 2.64. The number of fused-ring (bicyclic) bond motifs is 2. The van der Waals surface area contributed by atoms with Crippen LogP contribution in [0.1, 0.15) is 33.5 Å². The zero-order chi connectivity index (χ0) is 15.5. The first kappa shape index (κ1) is 14.4. The van der Waals surface area contributed by atoms with Crippen molar-refractivity contribution in [3.8, 4) is 5.75 Å². The van der Waals surface area contributed by atoms with E-state index in [2.05, 4.69) is 0 Å². The van der Waals surface area contributed by atoms with E-state index in [0.717, 1.165) is 22.3 Å². The molecular formula is C18H16O4. The van der Waals surface area contributed by atoms with Gasteiger partial charge < -0.3 is 14.9 Å². The second kappa shape index (κ2) is 6.03. The largest absolute Gasteiger partial charge is 0.488 e. The summed E-state index contributed by atoms with van der Waals surface area (Å²) in [6.07, 6.45) is 2.43. The van der Waals surface area contributed by atoms with E-state index in [1.165, 1.54) is 0 Å². The van der Waals surface area contributed by atoms with E-state index in [4.69, 9.17) is 9.84 Å². The predicted molar refractivity (Wildman–Crippen MR) is 83.0 cm³/mol. The summed E-state index contributed by atoms with van der Waals surface area (Å²) in [7, 11) is 0. The number of aromatic carboxylic acids is 1. The van der Waals surface area contributed by atoms with Gasteiger partial charge in [0.2, 0.25) is 0 Å². The number of carboxylic acids is 1. The molecule has 1 aliphatic heterocycles. The summed E-state index contributed by atoms with van der Waals surface area (Å²) in [5, 5.41) is 18.4. The highest BCUT2D eigenvalue weighted by Gasteiger charge is 2.20. The van der Waals surface area contributed by atoms with Gasteiger partial charge in [-0.1, -0.05) is 30.3 Å². The Morgan fingerprint density at radius 1 is 1.18 bits per heavy atom. The number of carbonyl (C=O) groups is 1. The second-order valence-electron chi connectivity index (χ2n) is 5.09. The lowest BCUT2D eigenvalue weighted by molar-refractivity contribution is 0.0697. The van der Waals surface area contributed by atoms with Gasteiger partial charge in [-0.3, -0.25) is 0 Å². The first-order valence-electron chi connectivity index (χ1n) is 7.10. The maximum absolute atomic E-state index is 11.2. The average Bonchev–Trinajstić information content (AvgIpc) is 2.69. The third kappa shape index (κ3) is 2.61. The molecule has 4 heteroatoms. The second-order valence-corrected chi connectivity index (χ2v) is 5.09. The fourth-order valence-electron chi connectivity index (χ4n) is 2.64. The summed E-state index contributed by atoms with van der Waals surface area (Å²) < 4.78 is 5.82. The van der Waals surface area contributed by atoms with Gasteiger partial charge in [0.05, 0.1) is 5.56 Å². The van der Waals surface area contributed by atoms with Gasteiger partial charge in [-0.15, -0.1) is 0 Å². The third-order valence-corrected chi connectivity index (χ3v) is 3.68. The highest BCUT2D eigenvalue weighted by atomic mass is 16.5. The fraction of sp³-hybridized carbons (Fsp3) is 0.167. The molecule has 2 N–H and O–H groups in total. The Morgan fingerprint density at radius 3 is 2.77 bits per heavy atom. The zero-order valence-electron chi connectivity index (χ0n) is 12.0. The smallest absolute Gasteiger partial charge is 0.335 e. The number of benzene rings is 2. The van der Waals surface area contributed by atoms with Gasteiger partial charge in [-0.2, -0.15) is 0 Å². The van der Waals surface area contributed by atoms with E-state index in [1.807, 2.05) is 30.3 Å². The molecule has 0 amide bonds. The molecule has 3 rings (SSSR count). The molecule has 0 radical (unpaired) electrons. The van der Waals surface area contributed by atoms with Gasteiger partial charge in [0.25, 0.3) is 0 Å². The van der Waals surface area contributed by atoms with Gasteiger partial charge in [0.1, 0.15) is 12.4 Å². The summed E-state index contributed by atoms with van der Waals surface area (Å²) in [6, 6.07) is 12.7. The van der Waals surface area contributed by atoms with Crippen LogP contribution in [0.2, 0.25) is 0 Å². The maximum Gasteiger partial charge on any atom is 0.335 e. The van der Waals surface area contributed by atoms with Crippen molar-refractivity contribution in [3.63, 3.8) is 0 Å². The van der Waals surface area contributed by atoms with Crippen LogP contribution in [0.15, 0.2) is 48.5 Å². The van der Waals surface area contributed by atoms with Crippen molar-refractivity contribution in [1.82, 2.24) is 0 Å². The van der Waals surface area contributed by atoms with Crippen molar-refractivity contribution in [3.05, 3.63) is 70.8 Å². The van der Waals surface area contributed by atoms with Crippen molar-refractivity contribution < 1.29 is 19.7 Å². The van der Waals surface area contributed by atoms with Crippen LogP contribution in [0.3, 0.4) is 0 Å². The summed E-state index contributed by atoms with van der Waals surface area (Å²) in [6.45, 7) is 0.479. The standard InChI is InChI=1S/C18H16O4/c19-9-3-6-15-14-5-2-1-4-13(14)11-22-17-8-7-12(18(20)21)10-16(15)17/h1-2,4-8,10,19H,3,9,11H2,(H,20,21)/b15-6+. The minimum absolute atomic E-state index is 0.0421. The van der Waals surface area contributed by atoms with E-state index in [-0.39, 0.29) is 12.2 Å². The van der Waals surface area contributed by atoms with Crippen molar-refractivity contribution >= 4 is 11.5 Å². The first-order chi connectivity index (χ1) is 10.7. The number of aliphatic hydroxyl groups is 1. The molecule has 4 nitrogen and oxygen atoms in total. The SMILES string of the molecule is O=C(O)c1ccc2c(c1)/C(=C/CCO)c1ccccc1CO2.